The van der Waals surface area contributed by atoms with E-state index in [-0.39, 0.29) is 28.6 Å². The first-order valence-electron chi connectivity index (χ1n) is 9.39. The van der Waals surface area contributed by atoms with Crippen LogP contribution in [0.4, 0.5) is 32.0 Å². The van der Waals surface area contributed by atoms with Gasteiger partial charge in [-0.25, -0.2) is 9.67 Å². The highest BCUT2D eigenvalue weighted by molar-refractivity contribution is 6.05. The van der Waals surface area contributed by atoms with Gasteiger partial charge in [0.15, 0.2) is 5.82 Å². The second-order valence-corrected chi connectivity index (χ2v) is 7.39. The molecule has 0 fully saturated rings. The lowest BCUT2D eigenvalue weighted by molar-refractivity contribution is -0.138. The fourth-order valence-electron chi connectivity index (χ4n) is 3.15. The Morgan fingerprint density at radius 3 is 2.22 bits per heavy atom. The first-order chi connectivity index (χ1) is 14.8. The van der Waals surface area contributed by atoms with Crippen LogP contribution in [0.3, 0.4) is 0 Å². The molecule has 2 heterocycles. The lowest BCUT2D eigenvalue weighted by Crippen LogP contribution is -2.17. The molecule has 3 aromatic rings. The summed E-state index contributed by atoms with van der Waals surface area (Å²) < 4.78 is 79.0. The van der Waals surface area contributed by atoms with E-state index in [1.807, 2.05) is 0 Å². The minimum atomic E-state index is -4.58. The van der Waals surface area contributed by atoms with Crippen molar-refractivity contribution in [2.75, 3.05) is 5.32 Å². The lowest BCUT2D eigenvalue weighted by Gasteiger charge is -2.14. The maximum absolute atomic E-state index is 13.1. The molecule has 3 rings (SSSR count). The summed E-state index contributed by atoms with van der Waals surface area (Å²) in [7, 11) is 0. The van der Waals surface area contributed by atoms with Gasteiger partial charge in [0.1, 0.15) is 0 Å². The highest BCUT2D eigenvalue weighted by Crippen LogP contribution is 2.34. The smallest absolute Gasteiger partial charge is 0.322 e. The summed E-state index contributed by atoms with van der Waals surface area (Å²) >= 11 is 0. The molecule has 0 saturated carbocycles. The molecular formula is C21H18F6N4O. The number of nitrogens with zero attached hydrogens (tertiary/aromatic N) is 3. The molecule has 0 aliphatic carbocycles. The van der Waals surface area contributed by atoms with E-state index in [4.69, 9.17) is 0 Å². The van der Waals surface area contributed by atoms with Crippen molar-refractivity contribution in [2.45, 2.75) is 39.0 Å². The normalized spacial score (nSPS) is 12.3. The number of halogens is 6. The molecule has 1 N–H and O–H groups in total. The van der Waals surface area contributed by atoms with Gasteiger partial charge >= 0.3 is 12.4 Å². The van der Waals surface area contributed by atoms with E-state index < -0.39 is 29.4 Å². The Morgan fingerprint density at radius 2 is 1.69 bits per heavy atom. The fraction of sp³-hybridized carbons (Fsp3) is 0.286. The zero-order valence-corrected chi connectivity index (χ0v) is 17.1. The number of pyridine rings is 1. The number of benzene rings is 1. The predicted molar refractivity (Wildman–Crippen MR) is 105 cm³/mol. The second kappa shape index (κ2) is 8.29. The summed E-state index contributed by atoms with van der Waals surface area (Å²) in [6, 6.07) is 5.40. The number of rotatable bonds is 4. The number of amides is 1. The molecular weight excluding hydrogens is 438 g/mol. The third-order valence-corrected chi connectivity index (χ3v) is 4.69. The first-order valence-corrected chi connectivity index (χ1v) is 9.39. The van der Waals surface area contributed by atoms with Crippen molar-refractivity contribution in [3.05, 3.63) is 70.7 Å². The molecule has 11 heteroatoms. The number of aromatic nitrogens is 3. The minimum absolute atomic E-state index is 0.0135. The van der Waals surface area contributed by atoms with Crippen LogP contribution in [0, 0.1) is 6.92 Å². The topological polar surface area (TPSA) is 59.8 Å². The average molecular weight is 456 g/mol. The number of alkyl halides is 6. The SMILES string of the molecule is Cc1ccc(NC(=O)c2cnn(-c3ccc(C(F)(F)F)cn3)c2C(C)C)cc1C(F)(F)F. The van der Waals surface area contributed by atoms with Crippen molar-refractivity contribution in [2.24, 2.45) is 0 Å². The average Bonchev–Trinajstić information content (AvgIpc) is 3.13. The van der Waals surface area contributed by atoms with E-state index in [0.717, 1.165) is 18.2 Å². The molecule has 1 amide bonds. The molecule has 0 saturated heterocycles. The Bertz CT molecular complexity index is 1130. The zero-order valence-electron chi connectivity index (χ0n) is 17.1. The van der Waals surface area contributed by atoms with Crippen LogP contribution in [-0.4, -0.2) is 20.7 Å². The summed E-state index contributed by atoms with van der Waals surface area (Å²) in [6.45, 7) is 4.79. The summed E-state index contributed by atoms with van der Waals surface area (Å²) in [5.41, 5.74) is -1.43. The van der Waals surface area contributed by atoms with Crippen LogP contribution in [0.25, 0.3) is 5.82 Å². The van der Waals surface area contributed by atoms with Gasteiger partial charge < -0.3 is 5.32 Å². The summed E-state index contributed by atoms with van der Waals surface area (Å²) in [4.78, 5) is 16.6. The first kappa shape index (κ1) is 23.3. The number of hydrogen-bond donors (Lipinski definition) is 1. The summed E-state index contributed by atoms with van der Waals surface area (Å²) in [5.74, 6) is -0.939. The zero-order chi connectivity index (χ0) is 23.8. The maximum Gasteiger partial charge on any atom is 0.417 e. The van der Waals surface area contributed by atoms with E-state index in [0.29, 0.717) is 11.9 Å². The van der Waals surface area contributed by atoms with Crippen molar-refractivity contribution in [1.82, 2.24) is 14.8 Å². The fourth-order valence-corrected chi connectivity index (χ4v) is 3.15. The Morgan fingerprint density at radius 1 is 1.00 bits per heavy atom. The minimum Gasteiger partial charge on any atom is -0.322 e. The molecule has 0 radical (unpaired) electrons. The van der Waals surface area contributed by atoms with Crippen LogP contribution in [0.2, 0.25) is 0 Å². The molecule has 0 aliphatic heterocycles. The molecule has 0 bridgehead atoms. The van der Waals surface area contributed by atoms with Gasteiger partial charge in [-0.3, -0.25) is 4.79 Å². The third kappa shape index (κ3) is 4.76. The van der Waals surface area contributed by atoms with Gasteiger partial charge in [-0.15, -0.1) is 0 Å². The van der Waals surface area contributed by atoms with Gasteiger partial charge in [0.25, 0.3) is 5.91 Å². The standard InChI is InChI=1S/C21H18F6N4O/c1-11(2)18-15(10-29-31(18)17-7-5-13(9-28-17)20(22,23)24)19(32)30-14-6-4-12(3)16(8-14)21(25,26)27/h4-11H,1-3H3,(H,30,32). The van der Waals surface area contributed by atoms with Gasteiger partial charge in [-0.05, 0) is 42.7 Å². The van der Waals surface area contributed by atoms with Crippen molar-refractivity contribution in [3.8, 4) is 5.82 Å². The van der Waals surface area contributed by atoms with Gasteiger partial charge in [0.2, 0.25) is 0 Å². The Kier molecular flexibility index (Phi) is 6.03. The molecule has 5 nitrogen and oxygen atoms in total. The van der Waals surface area contributed by atoms with Crippen LogP contribution >= 0.6 is 0 Å². The van der Waals surface area contributed by atoms with Crippen LogP contribution in [-0.2, 0) is 12.4 Å². The third-order valence-electron chi connectivity index (χ3n) is 4.69. The monoisotopic (exact) mass is 456 g/mol. The predicted octanol–water partition coefficient (Wildman–Crippen LogP) is 5.99. The van der Waals surface area contributed by atoms with Gasteiger partial charge in [-0.1, -0.05) is 19.9 Å². The number of nitrogens with one attached hydrogen (secondary N) is 1. The number of carbonyl (C=O) groups is 1. The largest absolute Gasteiger partial charge is 0.417 e. The molecule has 32 heavy (non-hydrogen) atoms. The van der Waals surface area contributed by atoms with Crippen molar-refractivity contribution < 1.29 is 31.1 Å². The van der Waals surface area contributed by atoms with E-state index in [9.17, 15) is 31.1 Å². The Labute approximate surface area is 179 Å². The number of carbonyl (C=O) groups excluding carboxylic acids is 1. The van der Waals surface area contributed by atoms with Crippen LogP contribution in [0.5, 0.6) is 0 Å². The second-order valence-electron chi connectivity index (χ2n) is 7.39. The molecule has 1 aromatic carbocycles. The number of anilines is 1. The van der Waals surface area contributed by atoms with Gasteiger partial charge in [0.05, 0.1) is 28.6 Å². The van der Waals surface area contributed by atoms with Crippen molar-refractivity contribution in [3.63, 3.8) is 0 Å². The quantitative estimate of drug-likeness (QED) is 0.491. The number of hydrogen-bond acceptors (Lipinski definition) is 3. The van der Waals surface area contributed by atoms with E-state index in [2.05, 4.69) is 15.4 Å². The van der Waals surface area contributed by atoms with Crippen molar-refractivity contribution in [1.29, 1.82) is 0 Å². The highest BCUT2D eigenvalue weighted by atomic mass is 19.4. The van der Waals surface area contributed by atoms with E-state index >= 15 is 0 Å². The number of aryl methyl sites for hydroxylation is 1. The summed E-state index contributed by atoms with van der Waals surface area (Å²) in [6.07, 6.45) is -7.27. The Balaban J connectivity index is 1.94. The highest BCUT2D eigenvalue weighted by Gasteiger charge is 2.33. The molecule has 0 atom stereocenters. The van der Waals surface area contributed by atoms with E-state index in [1.54, 1.807) is 13.8 Å². The van der Waals surface area contributed by atoms with Gasteiger partial charge in [-0.2, -0.15) is 31.4 Å². The van der Waals surface area contributed by atoms with Crippen LogP contribution < -0.4 is 5.32 Å². The van der Waals surface area contributed by atoms with Gasteiger partial charge in [0, 0.05) is 11.9 Å². The molecule has 170 valence electrons. The summed E-state index contributed by atoms with van der Waals surface area (Å²) in [5, 5.41) is 6.49. The molecule has 0 unspecified atom stereocenters. The lowest BCUT2D eigenvalue weighted by atomic mass is 10.0. The molecule has 0 aliphatic rings. The van der Waals surface area contributed by atoms with Crippen LogP contribution in [0.15, 0.2) is 42.7 Å². The maximum atomic E-state index is 13.1. The van der Waals surface area contributed by atoms with Crippen LogP contribution in [0.1, 0.15) is 52.5 Å². The van der Waals surface area contributed by atoms with E-state index in [1.165, 1.54) is 29.9 Å². The molecule has 2 aromatic heterocycles. The van der Waals surface area contributed by atoms with Crippen molar-refractivity contribution >= 4 is 11.6 Å². The Hall–Kier alpha value is -3.37. The molecule has 0 spiro atoms.